The van der Waals surface area contributed by atoms with Crippen LogP contribution in [0, 0.1) is 0 Å². The first-order valence-corrected chi connectivity index (χ1v) is 9.00. The molecule has 0 bridgehead atoms. The van der Waals surface area contributed by atoms with Crippen molar-refractivity contribution < 1.29 is 22.7 Å². The Hall–Kier alpha value is -2.80. The summed E-state index contributed by atoms with van der Waals surface area (Å²) < 4.78 is 40.5. The minimum Gasteiger partial charge on any atom is -0.406 e. The molecule has 0 unspecified atom stereocenters. The number of para-hydroxylation sites is 1. The van der Waals surface area contributed by atoms with Crippen LogP contribution in [0.1, 0.15) is 11.3 Å². The van der Waals surface area contributed by atoms with Crippen LogP contribution in [-0.4, -0.2) is 12.3 Å². The van der Waals surface area contributed by atoms with E-state index in [9.17, 15) is 18.0 Å². The van der Waals surface area contributed by atoms with Gasteiger partial charge in [0, 0.05) is 21.9 Å². The molecule has 140 valence electrons. The number of nitrogens with one attached hydrogen (secondary N) is 1. The molecule has 1 heterocycles. The molecule has 0 aliphatic heterocycles. The third-order valence-corrected chi connectivity index (χ3v) is 4.88. The average Bonchev–Trinajstić information content (AvgIpc) is 3.09. The normalized spacial score (nSPS) is 11.2. The molecule has 1 aromatic heterocycles. The summed E-state index contributed by atoms with van der Waals surface area (Å²) in [5.41, 5.74) is 1.56. The Morgan fingerprint density at radius 1 is 0.963 bits per heavy atom. The molecule has 27 heavy (non-hydrogen) atoms. The zero-order valence-corrected chi connectivity index (χ0v) is 14.9. The molecular formula is C20H16F3NO2S. The molecule has 1 amide bonds. The van der Waals surface area contributed by atoms with E-state index in [0.717, 1.165) is 21.0 Å². The molecular weight excluding hydrogens is 375 g/mol. The molecule has 0 saturated heterocycles. The van der Waals surface area contributed by atoms with Gasteiger partial charge in [-0.05, 0) is 60.5 Å². The predicted molar refractivity (Wildman–Crippen MR) is 99.8 cm³/mol. The van der Waals surface area contributed by atoms with Gasteiger partial charge in [0.15, 0.2) is 0 Å². The van der Waals surface area contributed by atoms with Crippen LogP contribution in [0.2, 0.25) is 0 Å². The minimum atomic E-state index is -4.70. The van der Waals surface area contributed by atoms with Gasteiger partial charge in [-0.3, -0.25) is 4.79 Å². The summed E-state index contributed by atoms with van der Waals surface area (Å²) in [5, 5.41) is 2.84. The maximum Gasteiger partial charge on any atom is 0.573 e. The number of aryl methyl sites for hydroxylation is 1. The van der Waals surface area contributed by atoms with E-state index >= 15 is 0 Å². The number of amides is 1. The lowest BCUT2D eigenvalue weighted by Crippen LogP contribution is -2.16. The number of hydrogen-bond donors (Lipinski definition) is 1. The Kier molecular flexibility index (Phi) is 5.81. The molecule has 0 atom stereocenters. The fraction of sp³-hybridized carbons (Fsp3) is 0.150. The van der Waals surface area contributed by atoms with Gasteiger partial charge in [-0.1, -0.05) is 18.2 Å². The number of benzene rings is 2. The summed E-state index contributed by atoms with van der Waals surface area (Å²) in [6.07, 6.45) is -3.75. The number of rotatable bonds is 6. The van der Waals surface area contributed by atoms with Crippen molar-refractivity contribution in [3.63, 3.8) is 0 Å². The van der Waals surface area contributed by atoms with Crippen molar-refractivity contribution in [1.82, 2.24) is 0 Å². The minimum absolute atomic E-state index is 0.0650. The summed E-state index contributed by atoms with van der Waals surface area (Å²) in [5.74, 6) is -0.314. The van der Waals surface area contributed by atoms with Gasteiger partial charge in [-0.2, -0.15) is 0 Å². The van der Waals surface area contributed by atoms with Gasteiger partial charge in [0.2, 0.25) is 5.91 Å². The summed E-state index contributed by atoms with van der Waals surface area (Å²) in [4.78, 5) is 14.0. The molecule has 0 fully saturated rings. The highest BCUT2D eigenvalue weighted by Crippen LogP contribution is 2.31. The Bertz CT molecular complexity index is 890. The van der Waals surface area contributed by atoms with Crippen molar-refractivity contribution in [1.29, 1.82) is 0 Å². The Morgan fingerprint density at radius 3 is 2.33 bits per heavy atom. The van der Waals surface area contributed by atoms with E-state index < -0.39 is 6.36 Å². The lowest BCUT2D eigenvalue weighted by Gasteiger charge is -2.08. The molecule has 0 radical (unpaired) electrons. The molecule has 1 N–H and O–H groups in total. The van der Waals surface area contributed by atoms with Crippen molar-refractivity contribution in [3.05, 3.63) is 71.6 Å². The highest BCUT2D eigenvalue weighted by atomic mass is 32.1. The molecule has 7 heteroatoms. The number of hydrogen-bond acceptors (Lipinski definition) is 3. The Morgan fingerprint density at radius 2 is 1.67 bits per heavy atom. The second-order valence-corrected chi connectivity index (χ2v) is 6.92. The second kappa shape index (κ2) is 8.26. The summed E-state index contributed by atoms with van der Waals surface area (Å²) in [6, 6.07) is 18.8. The fourth-order valence-electron chi connectivity index (χ4n) is 2.47. The van der Waals surface area contributed by atoms with Crippen LogP contribution in [0.5, 0.6) is 5.75 Å². The molecule has 0 spiro atoms. The lowest BCUT2D eigenvalue weighted by molar-refractivity contribution is -0.274. The standard InChI is InChI=1S/C20H16F3NO2S/c21-20(22,23)26-16-8-6-14(7-9-16)18-12-10-17(27-18)11-13-19(25)24-15-4-2-1-3-5-15/h1-10,12H,11,13H2,(H,24,25). The fourth-order valence-corrected chi connectivity index (χ4v) is 3.48. The van der Waals surface area contributed by atoms with Crippen molar-refractivity contribution in [2.75, 3.05) is 5.32 Å². The van der Waals surface area contributed by atoms with E-state index in [2.05, 4.69) is 10.1 Å². The van der Waals surface area contributed by atoms with Gasteiger partial charge in [0.05, 0.1) is 0 Å². The smallest absolute Gasteiger partial charge is 0.406 e. The zero-order valence-electron chi connectivity index (χ0n) is 14.1. The summed E-state index contributed by atoms with van der Waals surface area (Å²) in [7, 11) is 0. The van der Waals surface area contributed by atoms with Gasteiger partial charge < -0.3 is 10.1 Å². The number of thiophene rings is 1. The highest BCUT2D eigenvalue weighted by molar-refractivity contribution is 7.15. The largest absolute Gasteiger partial charge is 0.573 e. The zero-order chi connectivity index (χ0) is 19.3. The number of carbonyl (C=O) groups excluding carboxylic acids is 1. The first kappa shape index (κ1) is 19.0. The van der Waals surface area contributed by atoms with Crippen LogP contribution in [0.25, 0.3) is 10.4 Å². The van der Waals surface area contributed by atoms with E-state index in [0.29, 0.717) is 12.8 Å². The van der Waals surface area contributed by atoms with E-state index in [1.54, 1.807) is 12.1 Å². The third-order valence-electron chi connectivity index (χ3n) is 3.69. The first-order chi connectivity index (χ1) is 12.9. The monoisotopic (exact) mass is 391 g/mol. The van der Waals surface area contributed by atoms with Crippen molar-refractivity contribution in [3.8, 4) is 16.2 Å². The van der Waals surface area contributed by atoms with Crippen molar-refractivity contribution >= 4 is 22.9 Å². The summed E-state index contributed by atoms with van der Waals surface area (Å²) >= 11 is 1.51. The molecule has 3 aromatic rings. The second-order valence-electron chi connectivity index (χ2n) is 5.75. The average molecular weight is 391 g/mol. The van der Waals surface area contributed by atoms with Gasteiger partial charge in [0.25, 0.3) is 0 Å². The maximum atomic E-state index is 12.2. The number of anilines is 1. The van der Waals surface area contributed by atoms with E-state index in [4.69, 9.17) is 0 Å². The van der Waals surface area contributed by atoms with E-state index in [-0.39, 0.29) is 11.7 Å². The van der Waals surface area contributed by atoms with Crippen LogP contribution in [0.15, 0.2) is 66.7 Å². The van der Waals surface area contributed by atoms with Crippen molar-refractivity contribution in [2.45, 2.75) is 19.2 Å². The Labute approximate surface area is 158 Å². The van der Waals surface area contributed by atoms with Crippen LogP contribution >= 0.6 is 11.3 Å². The maximum absolute atomic E-state index is 12.2. The SMILES string of the molecule is O=C(CCc1ccc(-c2ccc(OC(F)(F)F)cc2)s1)Nc1ccccc1. The van der Waals surface area contributed by atoms with E-state index in [1.165, 1.54) is 23.5 Å². The molecule has 0 aliphatic rings. The molecule has 0 aliphatic carbocycles. The lowest BCUT2D eigenvalue weighted by atomic mass is 10.2. The Balaban J connectivity index is 1.56. The quantitative estimate of drug-likeness (QED) is 0.569. The summed E-state index contributed by atoms with van der Waals surface area (Å²) in [6.45, 7) is 0. The van der Waals surface area contributed by atoms with Gasteiger partial charge >= 0.3 is 6.36 Å². The van der Waals surface area contributed by atoms with Crippen LogP contribution in [0.3, 0.4) is 0 Å². The number of carbonyl (C=O) groups is 1. The number of alkyl halides is 3. The number of halogens is 3. The molecule has 3 nitrogen and oxygen atoms in total. The number of ether oxygens (including phenoxy) is 1. The van der Waals surface area contributed by atoms with Crippen LogP contribution in [0.4, 0.5) is 18.9 Å². The van der Waals surface area contributed by atoms with Crippen molar-refractivity contribution in [2.24, 2.45) is 0 Å². The van der Waals surface area contributed by atoms with Gasteiger partial charge in [-0.25, -0.2) is 0 Å². The highest BCUT2D eigenvalue weighted by Gasteiger charge is 2.30. The van der Waals surface area contributed by atoms with E-state index in [1.807, 2.05) is 42.5 Å². The predicted octanol–water partition coefficient (Wildman–Crippen LogP) is 5.89. The van der Waals surface area contributed by atoms with Crippen LogP contribution in [-0.2, 0) is 11.2 Å². The topological polar surface area (TPSA) is 38.3 Å². The van der Waals surface area contributed by atoms with Crippen LogP contribution < -0.4 is 10.1 Å². The third kappa shape index (κ3) is 5.86. The molecule has 2 aromatic carbocycles. The first-order valence-electron chi connectivity index (χ1n) is 8.19. The van der Waals surface area contributed by atoms with Gasteiger partial charge in [-0.15, -0.1) is 24.5 Å². The molecule has 3 rings (SSSR count). The molecule has 0 saturated carbocycles. The van der Waals surface area contributed by atoms with Gasteiger partial charge in [0.1, 0.15) is 5.75 Å².